The Morgan fingerprint density at radius 1 is 1.19 bits per heavy atom. The van der Waals surface area contributed by atoms with E-state index in [1.807, 2.05) is 29.6 Å². The van der Waals surface area contributed by atoms with Crippen LogP contribution < -0.4 is 10.6 Å². The van der Waals surface area contributed by atoms with E-state index in [1.54, 1.807) is 17.5 Å². The zero-order valence-corrected chi connectivity index (χ0v) is 16.0. The number of benzene rings is 1. The second-order valence-corrected chi connectivity index (χ2v) is 6.98. The minimum Gasteiger partial charge on any atom is -0.326 e. The van der Waals surface area contributed by atoms with Gasteiger partial charge in [0, 0.05) is 29.6 Å². The van der Waals surface area contributed by atoms with Gasteiger partial charge in [0.15, 0.2) is 0 Å². The molecule has 8 nitrogen and oxygen atoms in total. The lowest BCUT2D eigenvalue weighted by Crippen LogP contribution is -2.05. The van der Waals surface area contributed by atoms with Crippen molar-refractivity contribution in [2.45, 2.75) is 13.8 Å². The molecule has 0 aliphatic rings. The number of carbonyl (C=O) groups is 1. The van der Waals surface area contributed by atoms with Gasteiger partial charge in [0.25, 0.3) is 0 Å². The SMILES string of the molecule is CC(=O)Nc1ccc(-c2csc3nc(Nc4cc(Cl)nc(C)n4)nn23)cc1. The number of fused-ring (bicyclic) bond motifs is 1. The van der Waals surface area contributed by atoms with Crippen molar-refractivity contribution in [2.24, 2.45) is 0 Å². The number of thiazole rings is 1. The van der Waals surface area contributed by atoms with Gasteiger partial charge in [0.2, 0.25) is 16.8 Å². The molecule has 0 atom stereocenters. The van der Waals surface area contributed by atoms with Crippen LogP contribution in [-0.4, -0.2) is 30.5 Å². The van der Waals surface area contributed by atoms with Crippen LogP contribution in [0.4, 0.5) is 17.5 Å². The summed E-state index contributed by atoms with van der Waals surface area (Å²) in [5.74, 6) is 1.41. The lowest BCUT2D eigenvalue weighted by Gasteiger charge is -2.04. The summed E-state index contributed by atoms with van der Waals surface area (Å²) in [5.41, 5.74) is 2.62. The van der Waals surface area contributed by atoms with Crippen molar-refractivity contribution in [3.63, 3.8) is 0 Å². The molecule has 0 saturated heterocycles. The third-order valence-corrected chi connectivity index (χ3v) is 4.64. The van der Waals surface area contributed by atoms with E-state index in [2.05, 4.69) is 30.7 Å². The molecule has 0 bridgehead atoms. The maximum absolute atomic E-state index is 11.1. The van der Waals surface area contributed by atoms with Crippen LogP contribution in [0.3, 0.4) is 0 Å². The number of carbonyl (C=O) groups excluding carboxylic acids is 1. The number of hydrogen-bond acceptors (Lipinski definition) is 7. The van der Waals surface area contributed by atoms with E-state index in [-0.39, 0.29) is 5.91 Å². The van der Waals surface area contributed by atoms with Crippen molar-refractivity contribution in [1.29, 1.82) is 0 Å². The van der Waals surface area contributed by atoms with Crippen LogP contribution in [0.15, 0.2) is 35.7 Å². The summed E-state index contributed by atoms with van der Waals surface area (Å²) < 4.78 is 1.76. The van der Waals surface area contributed by atoms with Crippen LogP contribution in [-0.2, 0) is 4.79 Å². The Labute approximate surface area is 163 Å². The molecule has 1 aromatic carbocycles. The van der Waals surface area contributed by atoms with Gasteiger partial charge in [0.05, 0.1) is 5.69 Å². The fourth-order valence-electron chi connectivity index (χ4n) is 2.57. The van der Waals surface area contributed by atoms with E-state index in [4.69, 9.17) is 11.6 Å². The lowest BCUT2D eigenvalue weighted by atomic mass is 10.1. The fourth-order valence-corrected chi connectivity index (χ4v) is 3.63. The molecule has 0 radical (unpaired) electrons. The van der Waals surface area contributed by atoms with Crippen molar-refractivity contribution in [3.8, 4) is 11.3 Å². The largest absolute Gasteiger partial charge is 0.326 e. The number of anilines is 3. The summed E-state index contributed by atoms with van der Waals surface area (Å²) in [5, 5.41) is 12.6. The quantitative estimate of drug-likeness (QED) is 0.505. The maximum atomic E-state index is 11.1. The maximum Gasteiger partial charge on any atom is 0.249 e. The molecule has 0 saturated carbocycles. The van der Waals surface area contributed by atoms with E-state index in [0.29, 0.717) is 22.7 Å². The number of nitrogens with zero attached hydrogens (tertiary/aromatic N) is 5. The number of aryl methyl sites for hydroxylation is 1. The number of halogens is 1. The van der Waals surface area contributed by atoms with Gasteiger partial charge in [-0.25, -0.2) is 14.5 Å². The molecule has 136 valence electrons. The molecule has 0 spiro atoms. The number of hydrogen-bond donors (Lipinski definition) is 2. The number of nitrogens with one attached hydrogen (secondary N) is 2. The average Bonchev–Trinajstić information content (AvgIpc) is 3.14. The summed E-state index contributed by atoms with van der Waals surface area (Å²) in [7, 11) is 0. The van der Waals surface area contributed by atoms with Crippen molar-refractivity contribution in [2.75, 3.05) is 10.6 Å². The Balaban J connectivity index is 1.63. The molecular weight excluding hydrogens is 386 g/mol. The fraction of sp³-hybridized carbons (Fsp3) is 0.118. The highest BCUT2D eigenvalue weighted by atomic mass is 35.5. The molecule has 1 amide bonds. The zero-order chi connectivity index (χ0) is 19.0. The van der Waals surface area contributed by atoms with E-state index in [0.717, 1.165) is 21.9 Å². The Morgan fingerprint density at radius 2 is 1.96 bits per heavy atom. The summed E-state index contributed by atoms with van der Waals surface area (Å²) in [6, 6.07) is 9.17. The highest BCUT2D eigenvalue weighted by molar-refractivity contribution is 7.15. The van der Waals surface area contributed by atoms with Crippen molar-refractivity contribution in [1.82, 2.24) is 24.6 Å². The Hall–Kier alpha value is -3.04. The molecule has 3 aromatic heterocycles. The van der Waals surface area contributed by atoms with Gasteiger partial charge < -0.3 is 10.6 Å². The highest BCUT2D eigenvalue weighted by Gasteiger charge is 2.12. The van der Waals surface area contributed by atoms with E-state index < -0.39 is 0 Å². The van der Waals surface area contributed by atoms with Gasteiger partial charge >= 0.3 is 0 Å². The first-order chi connectivity index (χ1) is 13.0. The van der Waals surface area contributed by atoms with Crippen molar-refractivity contribution in [3.05, 3.63) is 46.7 Å². The molecule has 2 N–H and O–H groups in total. The number of amides is 1. The van der Waals surface area contributed by atoms with Gasteiger partial charge in [0.1, 0.15) is 16.8 Å². The van der Waals surface area contributed by atoms with Crippen LogP contribution in [0.5, 0.6) is 0 Å². The van der Waals surface area contributed by atoms with Crippen LogP contribution in [0.2, 0.25) is 5.15 Å². The van der Waals surface area contributed by atoms with Gasteiger partial charge in [-0.2, -0.15) is 4.98 Å². The van der Waals surface area contributed by atoms with Gasteiger partial charge in [-0.3, -0.25) is 4.79 Å². The van der Waals surface area contributed by atoms with Crippen LogP contribution in [0, 0.1) is 6.92 Å². The molecule has 0 fully saturated rings. The van der Waals surface area contributed by atoms with Crippen LogP contribution in [0.25, 0.3) is 16.2 Å². The number of aromatic nitrogens is 5. The lowest BCUT2D eigenvalue weighted by molar-refractivity contribution is -0.114. The number of rotatable bonds is 4. The topological polar surface area (TPSA) is 97.1 Å². The molecule has 4 rings (SSSR count). The van der Waals surface area contributed by atoms with Gasteiger partial charge in [-0.05, 0) is 19.1 Å². The Bertz CT molecular complexity index is 1120. The van der Waals surface area contributed by atoms with Crippen LogP contribution >= 0.6 is 22.9 Å². The second kappa shape index (κ2) is 6.93. The Morgan fingerprint density at radius 3 is 2.67 bits per heavy atom. The first kappa shape index (κ1) is 17.4. The third-order valence-electron chi connectivity index (χ3n) is 3.63. The monoisotopic (exact) mass is 399 g/mol. The van der Waals surface area contributed by atoms with Crippen LogP contribution in [0.1, 0.15) is 12.7 Å². The predicted octanol–water partition coefficient (Wildman–Crippen LogP) is 3.91. The predicted molar refractivity (Wildman–Crippen MR) is 106 cm³/mol. The van der Waals surface area contributed by atoms with Gasteiger partial charge in [-0.1, -0.05) is 23.7 Å². The normalized spacial score (nSPS) is 10.9. The second-order valence-electron chi connectivity index (χ2n) is 5.76. The summed E-state index contributed by atoms with van der Waals surface area (Å²) in [6.07, 6.45) is 0. The standard InChI is InChI=1S/C17H14ClN7OS/c1-9-19-14(18)7-15(20-9)22-16-23-17-25(24-16)13(8-27-17)11-3-5-12(6-4-11)21-10(2)26/h3-8H,1-2H3,(H,21,26)(H,19,20,22,24). The Kier molecular flexibility index (Phi) is 4.46. The van der Waals surface area contributed by atoms with Crippen molar-refractivity contribution >= 4 is 51.3 Å². The highest BCUT2D eigenvalue weighted by Crippen LogP contribution is 2.27. The van der Waals surface area contributed by atoms with E-state index in [1.165, 1.54) is 18.3 Å². The first-order valence-corrected chi connectivity index (χ1v) is 9.24. The first-order valence-electron chi connectivity index (χ1n) is 7.98. The third kappa shape index (κ3) is 3.74. The molecular formula is C17H14ClN7OS. The zero-order valence-electron chi connectivity index (χ0n) is 14.4. The molecule has 0 aliphatic carbocycles. The van der Waals surface area contributed by atoms with Gasteiger partial charge in [-0.15, -0.1) is 16.4 Å². The molecule has 3 heterocycles. The molecule has 0 aliphatic heterocycles. The molecule has 0 unspecified atom stereocenters. The minimum atomic E-state index is -0.104. The molecule has 27 heavy (non-hydrogen) atoms. The summed E-state index contributed by atoms with van der Waals surface area (Å²) in [4.78, 5) is 24.7. The molecule has 4 aromatic rings. The average molecular weight is 400 g/mol. The molecule has 10 heteroatoms. The summed E-state index contributed by atoms with van der Waals surface area (Å²) >= 11 is 7.44. The van der Waals surface area contributed by atoms with E-state index in [9.17, 15) is 4.79 Å². The van der Waals surface area contributed by atoms with E-state index >= 15 is 0 Å². The van der Waals surface area contributed by atoms with Crippen molar-refractivity contribution < 1.29 is 4.79 Å². The minimum absolute atomic E-state index is 0.104. The summed E-state index contributed by atoms with van der Waals surface area (Å²) in [6.45, 7) is 3.24. The smallest absolute Gasteiger partial charge is 0.249 e.